The van der Waals surface area contributed by atoms with Gasteiger partial charge in [0.1, 0.15) is 5.82 Å². The quantitative estimate of drug-likeness (QED) is 0.628. The van der Waals surface area contributed by atoms with Gasteiger partial charge in [0.05, 0.1) is 11.2 Å². The first-order valence-electron chi connectivity index (χ1n) is 11.1. The number of hydrogen-bond donors (Lipinski definition) is 0. The molecule has 3 aliphatic heterocycles. The monoisotopic (exact) mass is 419 g/mol. The Hall–Kier alpha value is -2.70. The summed E-state index contributed by atoms with van der Waals surface area (Å²) in [7, 11) is 2.27. The molecule has 6 heteroatoms. The van der Waals surface area contributed by atoms with Crippen molar-refractivity contribution in [3.05, 3.63) is 53.8 Å². The molecule has 2 aromatic carbocycles. The molecule has 0 unspecified atom stereocenters. The van der Waals surface area contributed by atoms with E-state index in [2.05, 4.69) is 22.9 Å². The van der Waals surface area contributed by atoms with Gasteiger partial charge in [-0.3, -0.25) is 9.80 Å². The maximum Gasteiger partial charge on any atom is 0.231 e. The molecule has 2 fully saturated rings. The Morgan fingerprint density at radius 3 is 2.61 bits per heavy atom. The number of pyridine rings is 1. The first-order valence-corrected chi connectivity index (χ1v) is 11.1. The van der Waals surface area contributed by atoms with Crippen molar-refractivity contribution in [2.45, 2.75) is 37.9 Å². The highest BCUT2D eigenvalue weighted by molar-refractivity contribution is 5.86. The van der Waals surface area contributed by atoms with Crippen molar-refractivity contribution >= 4 is 10.9 Å². The average Bonchev–Trinajstić information content (AvgIpc) is 3.31. The molecule has 1 aromatic heterocycles. The zero-order valence-electron chi connectivity index (χ0n) is 17.7. The second kappa shape index (κ2) is 7.46. The van der Waals surface area contributed by atoms with Crippen LogP contribution in [-0.2, 0) is 6.54 Å². The van der Waals surface area contributed by atoms with Crippen LogP contribution in [-0.4, -0.2) is 53.8 Å². The third-order valence-corrected chi connectivity index (χ3v) is 7.13. The lowest BCUT2D eigenvalue weighted by molar-refractivity contribution is 0.174. The average molecular weight is 420 g/mol. The van der Waals surface area contributed by atoms with Crippen molar-refractivity contribution in [1.29, 1.82) is 0 Å². The molecule has 2 atom stereocenters. The first-order chi connectivity index (χ1) is 15.1. The number of ether oxygens (including phenoxy) is 2. The summed E-state index contributed by atoms with van der Waals surface area (Å²) in [5.74, 6) is 1.26. The standard InChI is InChI=1S/C25H26FN3O2/c1-28-20-6-7-21(28)14-29(9-8-20)13-18-10-17-11-23-24(31-15-30-23)12-22(17)27-25(18)16-2-4-19(26)5-3-16/h2-5,10-12,20-21H,6-9,13-15H2,1H3/t20-,21+/m1/s1. The van der Waals surface area contributed by atoms with Crippen LogP contribution in [0.1, 0.15) is 24.8 Å². The second-order valence-electron chi connectivity index (χ2n) is 8.98. The smallest absolute Gasteiger partial charge is 0.231 e. The van der Waals surface area contributed by atoms with Crippen LogP contribution in [0.4, 0.5) is 4.39 Å². The number of hydrogen-bond acceptors (Lipinski definition) is 5. The highest BCUT2D eigenvalue weighted by atomic mass is 19.1. The van der Waals surface area contributed by atoms with Gasteiger partial charge < -0.3 is 9.47 Å². The molecule has 0 amide bonds. The van der Waals surface area contributed by atoms with Crippen LogP contribution in [0.25, 0.3) is 22.2 Å². The highest BCUT2D eigenvalue weighted by Crippen LogP contribution is 2.38. The van der Waals surface area contributed by atoms with Crippen LogP contribution in [0.3, 0.4) is 0 Å². The third kappa shape index (κ3) is 3.44. The van der Waals surface area contributed by atoms with E-state index in [1.54, 1.807) is 0 Å². The fourth-order valence-electron chi connectivity index (χ4n) is 5.35. The summed E-state index contributed by atoms with van der Waals surface area (Å²) in [5.41, 5.74) is 3.87. The molecule has 0 aliphatic carbocycles. The van der Waals surface area contributed by atoms with Crippen molar-refractivity contribution in [2.24, 2.45) is 0 Å². The van der Waals surface area contributed by atoms with E-state index in [-0.39, 0.29) is 12.6 Å². The van der Waals surface area contributed by atoms with E-state index in [0.717, 1.165) is 53.3 Å². The number of rotatable bonds is 3. The van der Waals surface area contributed by atoms with Crippen molar-refractivity contribution in [3.63, 3.8) is 0 Å². The zero-order valence-corrected chi connectivity index (χ0v) is 17.7. The number of halogens is 1. The second-order valence-corrected chi connectivity index (χ2v) is 8.98. The molecule has 3 aliphatic rings. The van der Waals surface area contributed by atoms with Crippen molar-refractivity contribution in [2.75, 3.05) is 26.9 Å². The molecule has 3 aromatic rings. The molecule has 0 radical (unpaired) electrons. The number of benzene rings is 2. The van der Waals surface area contributed by atoms with E-state index in [4.69, 9.17) is 14.5 Å². The molecule has 5 nitrogen and oxygen atoms in total. The fourth-order valence-corrected chi connectivity index (χ4v) is 5.35. The number of nitrogens with zero attached hydrogens (tertiary/aromatic N) is 3. The van der Waals surface area contributed by atoms with Gasteiger partial charge in [0.15, 0.2) is 11.5 Å². The molecular weight excluding hydrogens is 393 g/mol. The summed E-state index contributed by atoms with van der Waals surface area (Å²) in [5, 5.41) is 1.04. The number of fused-ring (bicyclic) bond motifs is 4. The highest BCUT2D eigenvalue weighted by Gasteiger charge is 2.34. The number of likely N-dealkylation sites (tertiary alicyclic amines) is 1. The van der Waals surface area contributed by atoms with Gasteiger partial charge in [0, 0.05) is 48.7 Å². The summed E-state index contributed by atoms with van der Waals surface area (Å²) in [6.45, 7) is 3.25. The minimum Gasteiger partial charge on any atom is -0.454 e. The Balaban J connectivity index is 1.41. The third-order valence-electron chi connectivity index (χ3n) is 7.13. The first kappa shape index (κ1) is 19.0. The lowest BCUT2D eigenvalue weighted by atomic mass is 10.0. The maximum absolute atomic E-state index is 13.6. The minimum absolute atomic E-state index is 0.235. The summed E-state index contributed by atoms with van der Waals surface area (Å²) in [4.78, 5) is 10.1. The fraction of sp³-hybridized carbons (Fsp3) is 0.400. The zero-order chi connectivity index (χ0) is 20.9. The van der Waals surface area contributed by atoms with Gasteiger partial charge in [-0.15, -0.1) is 0 Å². The molecule has 0 spiro atoms. The number of likely N-dealkylation sites (N-methyl/N-ethyl adjacent to an activating group) is 1. The predicted octanol–water partition coefficient (Wildman–Crippen LogP) is 4.44. The van der Waals surface area contributed by atoms with Crippen LogP contribution < -0.4 is 9.47 Å². The van der Waals surface area contributed by atoms with Crippen LogP contribution in [0.2, 0.25) is 0 Å². The largest absolute Gasteiger partial charge is 0.454 e. The van der Waals surface area contributed by atoms with Gasteiger partial charge in [-0.1, -0.05) is 0 Å². The Bertz CT molecular complexity index is 1130. The minimum atomic E-state index is -0.235. The van der Waals surface area contributed by atoms with Gasteiger partial charge >= 0.3 is 0 Å². The normalized spacial score (nSPS) is 23.4. The van der Waals surface area contributed by atoms with Gasteiger partial charge in [-0.05, 0) is 68.3 Å². The van der Waals surface area contributed by atoms with Crippen LogP contribution >= 0.6 is 0 Å². The molecule has 2 bridgehead atoms. The topological polar surface area (TPSA) is 37.8 Å². The molecule has 6 rings (SSSR count). The summed E-state index contributed by atoms with van der Waals surface area (Å²) in [6.07, 6.45) is 3.81. The van der Waals surface area contributed by atoms with Crippen LogP contribution in [0.5, 0.6) is 11.5 Å². The van der Waals surface area contributed by atoms with E-state index in [0.29, 0.717) is 12.1 Å². The summed E-state index contributed by atoms with van der Waals surface area (Å²) < 4.78 is 24.7. The van der Waals surface area contributed by atoms with E-state index in [1.165, 1.54) is 37.0 Å². The molecule has 4 heterocycles. The van der Waals surface area contributed by atoms with Gasteiger partial charge in [-0.25, -0.2) is 9.37 Å². The number of aromatic nitrogens is 1. The molecular formula is C25H26FN3O2. The van der Waals surface area contributed by atoms with Gasteiger partial charge in [-0.2, -0.15) is 0 Å². The van der Waals surface area contributed by atoms with Gasteiger partial charge in [0.2, 0.25) is 6.79 Å². The SMILES string of the molecule is CN1[C@@H]2CC[C@H]1CN(Cc1cc3cc4c(cc3nc1-c1ccc(F)cc1)OCO4)CC2. The van der Waals surface area contributed by atoms with E-state index in [1.807, 2.05) is 24.3 Å². The lowest BCUT2D eigenvalue weighted by Gasteiger charge is -2.26. The molecule has 2 saturated heterocycles. The van der Waals surface area contributed by atoms with E-state index < -0.39 is 0 Å². The molecule has 31 heavy (non-hydrogen) atoms. The Morgan fingerprint density at radius 2 is 1.77 bits per heavy atom. The van der Waals surface area contributed by atoms with Crippen LogP contribution in [0.15, 0.2) is 42.5 Å². The van der Waals surface area contributed by atoms with Crippen molar-refractivity contribution < 1.29 is 13.9 Å². The Morgan fingerprint density at radius 1 is 1.00 bits per heavy atom. The molecule has 160 valence electrons. The van der Waals surface area contributed by atoms with E-state index in [9.17, 15) is 4.39 Å². The maximum atomic E-state index is 13.6. The van der Waals surface area contributed by atoms with Crippen molar-refractivity contribution in [1.82, 2.24) is 14.8 Å². The lowest BCUT2D eigenvalue weighted by Crippen LogP contribution is -2.36. The van der Waals surface area contributed by atoms with Crippen molar-refractivity contribution in [3.8, 4) is 22.8 Å². The van der Waals surface area contributed by atoms with Crippen LogP contribution in [0, 0.1) is 5.82 Å². The predicted molar refractivity (Wildman–Crippen MR) is 118 cm³/mol. The summed E-state index contributed by atoms with van der Waals surface area (Å²) >= 11 is 0. The Kier molecular flexibility index (Phi) is 4.58. The summed E-state index contributed by atoms with van der Waals surface area (Å²) in [6, 6.07) is 14.2. The van der Waals surface area contributed by atoms with E-state index >= 15 is 0 Å². The molecule has 0 N–H and O–H groups in total. The Labute approximate surface area is 181 Å². The molecule has 0 saturated carbocycles. The van der Waals surface area contributed by atoms with Gasteiger partial charge in [0.25, 0.3) is 0 Å².